The van der Waals surface area contributed by atoms with Gasteiger partial charge in [-0.3, -0.25) is 4.79 Å². The van der Waals surface area contributed by atoms with Gasteiger partial charge in [0.1, 0.15) is 37.1 Å². The summed E-state index contributed by atoms with van der Waals surface area (Å²) in [5, 5.41) is 3.08. The Bertz CT molecular complexity index is 1530. The van der Waals surface area contributed by atoms with Gasteiger partial charge in [-0.05, 0) is 91.2 Å². The van der Waals surface area contributed by atoms with E-state index >= 15 is 0 Å². The number of rotatable bonds is 16. The van der Waals surface area contributed by atoms with E-state index in [2.05, 4.69) is 10.2 Å². The lowest BCUT2D eigenvalue weighted by Gasteiger charge is -2.21. The zero-order chi connectivity index (χ0) is 32.1. The van der Waals surface area contributed by atoms with Crippen LogP contribution in [0.1, 0.15) is 39.9 Å². The topological polar surface area (TPSA) is 87.7 Å². The van der Waals surface area contributed by atoms with Crippen molar-refractivity contribution < 1.29 is 33.2 Å². The van der Waals surface area contributed by atoms with Crippen LogP contribution >= 0.6 is 0 Å². The van der Waals surface area contributed by atoms with Crippen LogP contribution in [0.4, 0.5) is 0 Å². The third kappa shape index (κ3) is 8.85. The van der Waals surface area contributed by atoms with Crippen molar-refractivity contribution in [1.29, 1.82) is 0 Å². The summed E-state index contributed by atoms with van der Waals surface area (Å²) in [4.78, 5) is 16.0. The molecule has 5 rings (SSSR count). The molecule has 1 N–H and O–H groups in total. The van der Waals surface area contributed by atoms with E-state index in [4.69, 9.17) is 28.4 Å². The highest BCUT2D eigenvalue weighted by molar-refractivity contribution is 5.98. The fourth-order valence-corrected chi connectivity index (χ4v) is 5.18. The molecular weight excluding hydrogens is 584 g/mol. The zero-order valence-electron chi connectivity index (χ0n) is 26.8. The molecule has 0 atom stereocenters. The molecule has 1 aliphatic heterocycles. The van der Waals surface area contributed by atoms with Crippen LogP contribution < -0.4 is 33.7 Å². The number of amides is 1. The molecular formula is C37H42N2O7. The van der Waals surface area contributed by atoms with Gasteiger partial charge in [0.25, 0.3) is 5.91 Å². The van der Waals surface area contributed by atoms with E-state index in [9.17, 15) is 4.79 Å². The number of methoxy groups -OCH3 is 3. The summed E-state index contributed by atoms with van der Waals surface area (Å²) < 4.78 is 35.1. The molecule has 1 aliphatic rings. The fraction of sp³-hybridized carbons (Fsp3) is 0.324. The van der Waals surface area contributed by atoms with Crippen molar-refractivity contribution in [2.24, 2.45) is 0 Å². The van der Waals surface area contributed by atoms with Gasteiger partial charge in [0.05, 0.1) is 26.9 Å². The summed E-state index contributed by atoms with van der Waals surface area (Å²) in [5.41, 5.74) is 3.15. The molecule has 9 heteroatoms. The molecule has 4 aromatic rings. The van der Waals surface area contributed by atoms with Crippen molar-refractivity contribution >= 4 is 5.91 Å². The maximum atomic E-state index is 13.6. The van der Waals surface area contributed by atoms with Gasteiger partial charge in [0, 0.05) is 13.1 Å². The molecule has 0 unspecified atom stereocenters. The van der Waals surface area contributed by atoms with Gasteiger partial charge in [-0.1, -0.05) is 36.4 Å². The Hall–Kier alpha value is -4.89. The number of hydrogen-bond acceptors (Lipinski definition) is 8. The van der Waals surface area contributed by atoms with Crippen molar-refractivity contribution in [1.82, 2.24) is 10.2 Å². The number of likely N-dealkylation sites (tertiary alicyclic amines) is 1. The number of carbonyl (C=O) groups is 1. The normalized spacial score (nSPS) is 12.8. The minimum absolute atomic E-state index is 0.207. The van der Waals surface area contributed by atoms with Gasteiger partial charge in [0.2, 0.25) is 5.75 Å². The maximum Gasteiger partial charge on any atom is 0.255 e. The molecule has 1 amide bonds. The average molecular weight is 627 g/mol. The summed E-state index contributed by atoms with van der Waals surface area (Å²) >= 11 is 0. The lowest BCUT2D eigenvalue weighted by molar-refractivity contribution is 0.0943. The lowest BCUT2D eigenvalue weighted by Crippen LogP contribution is -2.33. The van der Waals surface area contributed by atoms with Crippen molar-refractivity contribution in [3.63, 3.8) is 0 Å². The van der Waals surface area contributed by atoms with Crippen LogP contribution in [0, 0.1) is 0 Å². The summed E-state index contributed by atoms with van der Waals surface area (Å²) in [6.07, 6.45) is 2.40. The highest BCUT2D eigenvalue weighted by Crippen LogP contribution is 2.42. The predicted octanol–water partition coefficient (Wildman–Crippen LogP) is 6.28. The van der Waals surface area contributed by atoms with Gasteiger partial charge < -0.3 is 38.6 Å². The number of ether oxygens (including phenoxy) is 6. The van der Waals surface area contributed by atoms with Crippen LogP contribution in [0.3, 0.4) is 0 Å². The summed E-state index contributed by atoms with van der Waals surface area (Å²) in [7, 11) is 4.89. The van der Waals surface area contributed by atoms with Gasteiger partial charge in [-0.25, -0.2) is 0 Å². The predicted molar refractivity (Wildman–Crippen MR) is 176 cm³/mol. The number of benzene rings is 4. The Labute approximate surface area is 270 Å². The van der Waals surface area contributed by atoms with Crippen molar-refractivity contribution in [2.45, 2.75) is 32.7 Å². The smallest absolute Gasteiger partial charge is 0.255 e. The maximum absolute atomic E-state index is 13.6. The first kappa shape index (κ1) is 32.5. The van der Waals surface area contributed by atoms with E-state index < -0.39 is 0 Å². The molecule has 9 nitrogen and oxygen atoms in total. The largest absolute Gasteiger partial charge is 0.497 e. The van der Waals surface area contributed by atoms with Crippen LogP contribution in [0.25, 0.3) is 0 Å². The zero-order valence-corrected chi connectivity index (χ0v) is 26.8. The van der Waals surface area contributed by atoms with Gasteiger partial charge in [0.15, 0.2) is 11.5 Å². The standard InChI is InChI=1S/C37H42N2O7/c1-41-30-12-6-27(7-13-30)24-44-34-19-18-33(37(40)38-20-23-39-21-4-5-22-39)35(45-25-28-8-14-31(42-2)15-9-28)36(34)46-26-29-10-16-32(43-3)17-11-29/h6-19H,4-5,20-26H2,1-3H3,(H,38,40). The first-order chi connectivity index (χ1) is 22.6. The first-order valence-corrected chi connectivity index (χ1v) is 15.5. The Morgan fingerprint density at radius 1 is 0.609 bits per heavy atom. The van der Waals surface area contributed by atoms with Crippen LogP contribution in [-0.2, 0) is 19.8 Å². The monoisotopic (exact) mass is 626 g/mol. The second-order valence-corrected chi connectivity index (χ2v) is 11.0. The van der Waals surface area contributed by atoms with Crippen LogP contribution in [0.5, 0.6) is 34.5 Å². The molecule has 0 radical (unpaired) electrons. The minimum Gasteiger partial charge on any atom is -0.497 e. The van der Waals surface area contributed by atoms with Crippen molar-refractivity contribution in [2.75, 3.05) is 47.5 Å². The fourth-order valence-electron chi connectivity index (χ4n) is 5.18. The van der Waals surface area contributed by atoms with Crippen molar-refractivity contribution in [3.8, 4) is 34.5 Å². The van der Waals surface area contributed by atoms with E-state index in [1.165, 1.54) is 12.8 Å². The Kier molecular flexibility index (Phi) is 11.6. The molecule has 0 saturated carbocycles. The molecule has 0 bridgehead atoms. The molecule has 46 heavy (non-hydrogen) atoms. The van der Waals surface area contributed by atoms with Gasteiger partial charge in [-0.15, -0.1) is 0 Å². The highest BCUT2D eigenvalue weighted by Gasteiger charge is 2.23. The molecule has 242 valence electrons. The Balaban J connectivity index is 1.44. The summed E-state index contributed by atoms with van der Waals surface area (Å²) in [6.45, 7) is 4.18. The number of nitrogens with zero attached hydrogens (tertiary/aromatic N) is 1. The highest BCUT2D eigenvalue weighted by atomic mass is 16.5. The third-order valence-corrected chi connectivity index (χ3v) is 7.87. The quantitative estimate of drug-likeness (QED) is 0.156. The van der Waals surface area contributed by atoms with E-state index in [1.54, 1.807) is 33.5 Å². The van der Waals surface area contributed by atoms with E-state index in [1.807, 2.05) is 72.8 Å². The number of nitrogens with one attached hydrogen (secondary N) is 1. The molecule has 1 saturated heterocycles. The molecule has 0 spiro atoms. The molecule has 1 heterocycles. The molecule has 4 aromatic carbocycles. The number of hydrogen-bond donors (Lipinski definition) is 1. The Morgan fingerprint density at radius 2 is 1.07 bits per heavy atom. The summed E-state index contributed by atoms with van der Waals surface area (Å²) in [6, 6.07) is 26.4. The summed E-state index contributed by atoms with van der Waals surface area (Å²) in [5.74, 6) is 3.16. The van der Waals surface area contributed by atoms with E-state index in [0.717, 1.165) is 53.6 Å². The second kappa shape index (κ2) is 16.4. The third-order valence-electron chi connectivity index (χ3n) is 7.87. The minimum atomic E-state index is -0.236. The van der Waals surface area contributed by atoms with Crippen LogP contribution in [0.2, 0.25) is 0 Å². The SMILES string of the molecule is COc1ccc(COc2ccc(C(=O)NCCN3CCCC3)c(OCc3ccc(OC)cc3)c2OCc2ccc(OC)cc2)cc1. The second-order valence-electron chi connectivity index (χ2n) is 11.0. The molecule has 0 aliphatic carbocycles. The molecule has 1 fully saturated rings. The van der Waals surface area contributed by atoms with Gasteiger partial charge in [-0.2, -0.15) is 0 Å². The van der Waals surface area contributed by atoms with Crippen LogP contribution in [-0.4, -0.2) is 58.3 Å². The van der Waals surface area contributed by atoms with E-state index in [0.29, 0.717) is 29.4 Å². The van der Waals surface area contributed by atoms with Crippen molar-refractivity contribution in [3.05, 3.63) is 107 Å². The van der Waals surface area contributed by atoms with E-state index in [-0.39, 0.29) is 25.7 Å². The van der Waals surface area contributed by atoms with Gasteiger partial charge >= 0.3 is 0 Å². The Morgan fingerprint density at radius 3 is 1.54 bits per heavy atom. The number of carbonyl (C=O) groups excluding carboxylic acids is 1. The average Bonchev–Trinajstić information content (AvgIpc) is 3.63. The lowest BCUT2D eigenvalue weighted by atomic mass is 10.1. The molecule has 0 aromatic heterocycles. The first-order valence-electron chi connectivity index (χ1n) is 15.5. The van der Waals surface area contributed by atoms with Crippen LogP contribution in [0.15, 0.2) is 84.9 Å².